The van der Waals surface area contributed by atoms with E-state index in [1.807, 2.05) is 24.3 Å². The lowest BCUT2D eigenvalue weighted by molar-refractivity contribution is -0.116. The average molecular weight is 246 g/mol. The van der Waals surface area contributed by atoms with Crippen molar-refractivity contribution in [2.75, 3.05) is 6.61 Å². The van der Waals surface area contributed by atoms with Gasteiger partial charge in [-0.25, -0.2) is 0 Å². The van der Waals surface area contributed by atoms with Crippen LogP contribution in [0.4, 0.5) is 0 Å². The molecular weight excluding hydrogens is 224 g/mol. The van der Waals surface area contributed by atoms with Crippen molar-refractivity contribution in [2.45, 2.75) is 45.4 Å². The molecule has 0 aliphatic heterocycles. The van der Waals surface area contributed by atoms with E-state index in [1.165, 1.54) is 32.1 Å². The van der Waals surface area contributed by atoms with Crippen molar-refractivity contribution < 1.29 is 9.53 Å². The Bertz CT molecular complexity index is 392. The van der Waals surface area contributed by atoms with Crippen LogP contribution in [0.2, 0.25) is 0 Å². The lowest BCUT2D eigenvalue weighted by Crippen LogP contribution is -2.15. The Morgan fingerprint density at radius 2 is 2.06 bits per heavy atom. The van der Waals surface area contributed by atoms with Gasteiger partial charge in [0.15, 0.2) is 0 Å². The summed E-state index contributed by atoms with van der Waals surface area (Å²) in [6.45, 7) is 2.44. The lowest BCUT2D eigenvalue weighted by atomic mass is 9.90. The van der Waals surface area contributed by atoms with E-state index in [-0.39, 0.29) is 5.78 Å². The summed E-state index contributed by atoms with van der Waals surface area (Å²) < 4.78 is 5.86. The maximum atomic E-state index is 11.1. The van der Waals surface area contributed by atoms with Gasteiger partial charge in [-0.1, -0.05) is 31.4 Å². The van der Waals surface area contributed by atoms with Gasteiger partial charge in [0.25, 0.3) is 0 Å². The van der Waals surface area contributed by atoms with Crippen molar-refractivity contribution >= 4 is 5.78 Å². The molecule has 0 bridgehead atoms. The van der Waals surface area contributed by atoms with Crippen molar-refractivity contribution in [3.63, 3.8) is 0 Å². The third-order valence-electron chi connectivity index (χ3n) is 3.56. The highest BCUT2D eigenvalue weighted by atomic mass is 16.5. The number of benzene rings is 1. The highest BCUT2D eigenvalue weighted by molar-refractivity contribution is 5.78. The zero-order chi connectivity index (χ0) is 12.8. The monoisotopic (exact) mass is 246 g/mol. The van der Waals surface area contributed by atoms with Gasteiger partial charge in [-0.2, -0.15) is 0 Å². The molecule has 0 atom stereocenters. The summed E-state index contributed by atoms with van der Waals surface area (Å²) in [5.74, 6) is 1.81. The van der Waals surface area contributed by atoms with Crippen molar-refractivity contribution in [2.24, 2.45) is 5.92 Å². The molecule has 18 heavy (non-hydrogen) atoms. The Hall–Kier alpha value is -1.31. The van der Waals surface area contributed by atoms with Crippen LogP contribution < -0.4 is 4.74 Å². The number of Topliss-reactive ketones (excluding diaryl/α,β-unsaturated/α-hetero) is 1. The van der Waals surface area contributed by atoms with E-state index in [1.54, 1.807) is 6.92 Å². The minimum absolute atomic E-state index is 0.194. The van der Waals surface area contributed by atoms with Crippen molar-refractivity contribution in [3.05, 3.63) is 29.8 Å². The third-order valence-corrected chi connectivity index (χ3v) is 3.56. The summed E-state index contributed by atoms with van der Waals surface area (Å²) in [5, 5.41) is 0. The quantitative estimate of drug-likeness (QED) is 0.790. The first kappa shape index (κ1) is 13.1. The van der Waals surface area contributed by atoms with E-state index in [9.17, 15) is 4.79 Å². The number of ether oxygens (including phenoxy) is 1. The van der Waals surface area contributed by atoms with E-state index in [0.29, 0.717) is 6.42 Å². The summed E-state index contributed by atoms with van der Waals surface area (Å²) in [4.78, 5) is 11.1. The molecule has 0 amide bonds. The van der Waals surface area contributed by atoms with Crippen molar-refractivity contribution in [1.29, 1.82) is 0 Å². The van der Waals surface area contributed by atoms with Crippen LogP contribution in [0.3, 0.4) is 0 Å². The molecule has 0 radical (unpaired) electrons. The van der Waals surface area contributed by atoms with Gasteiger partial charge < -0.3 is 4.74 Å². The second kappa shape index (κ2) is 6.58. The van der Waals surface area contributed by atoms with Crippen LogP contribution in [-0.4, -0.2) is 12.4 Å². The van der Waals surface area contributed by atoms with Gasteiger partial charge in [-0.3, -0.25) is 4.79 Å². The number of ketones is 1. The fourth-order valence-corrected chi connectivity index (χ4v) is 2.60. The fourth-order valence-electron chi connectivity index (χ4n) is 2.60. The second-order valence-electron chi connectivity index (χ2n) is 5.34. The van der Waals surface area contributed by atoms with Gasteiger partial charge in [-0.15, -0.1) is 0 Å². The number of rotatable bonds is 5. The molecule has 0 spiro atoms. The fraction of sp³-hybridized carbons (Fsp3) is 0.562. The van der Waals surface area contributed by atoms with Gasteiger partial charge in [0.2, 0.25) is 0 Å². The molecule has 1 aliphatic rings. The molecule has 1 fully saturated rings. The third kappa shape index (κ3) is 4.17. The van der Waals surface area contributed by atoms with E-state index in [2.05, 4.69) is 0 Å². The SMILES string of the molecule is CC(=O)Cc1cccc(OCC2CCCCC2)c1. The number of hydrogen-bond donors (Lipinski definition) is 0. The molecule has 0 heterocycles. The summed E-state index contributed by atoms with van der Waals surface area (Å²) in [5.41, 5.74) is 1.05. The normalized spacial score (nSPS) is 16.5. The number of hydrogen-bond acceptors (Lipinski definition) is 2. The first-order valence-electron chi connectivity index (χ1n) is 6.95. The summed E-state index contributed by atoms with van der Waals surface area (Å²) >= 11 is 0. The topological polar surface area (TPSA) is 26.3 Å². The van der Waals surface area contributed by atoms with Crippen LogP contribution in [0, 0.1) is 5.92 Å². The highest BCUT2D eigenvalue weighted by Crippen LogP contribution is 2.24. The molecule has 1 aromatic carbocycles. The zero-order valence-corrected chi connectivity index (χ0v) is 11.2. The molecule has 2 heteroatoms. The molecule has 1 saturated carbocycles. The Morgan fingerprint density at radius 3 is 2.78 bits per heavy atom. The van der Waals surface area contributed by atoms with Crippen LogP contribution in [0.25, 0.3) is 0 Å². The first-order chi connectivity index (χ1) is 8.74. The molecule has 1 aromatic rings. The van der Waals surface area contributed by atoms with Gasteiger partial charge in [-0.05, 0) is 43.4 Å². The van der Waals surface area contributed by atoms with Gasteiger partial charge in [0.1, 0.15) is 11.5 Å². The average Bonchev–Trinajstić information content (AvgIpc) is 2.37. The molecule has 1 aliphatic carbocycles. The van der Waals surface area contributed by atoms with E-state index in [4.69, 9.17) is 4.74 Å². The van der Waals surface area contributed by atoms with Crippen molar-refractivity contribution in [3.8, 4) is 5.75 Å². The predicted octanol–water partition coefficient (Wildman–Crippen LogP) is 3.78. The van der Waals surface area contributed by atoms with Crippen LogP contribution in [0.5, 0.6) is 5.75 Å². The predicted molar refractivity (Wildman–Crippen MR) is 72.9 cm³/mol. The van der Waals surface area contributed by atoms with Gasteiger partial charge in [0, 0.05) is 6.42 Å². The summed E-state index contributed by atoms with van der Waals surface area (Å²) in [6, 6.07) is 7.92. The van der Waals surface area contributed by atoms with Crippen molar-refractivity contribution in [1.82, 2.24) is 0 Å². The number of carbonyl (C=O) groups excluding carboxylic acids is 1. The molecule has 2 nitrogen and oxygen atoms in total. The Balaban J connectivity index is 1.86. The molecular formula is C16H22O2. The summed E-state index contributed by atoms with van der Waals surface area (Å²) in [7, 11) is 0. The molecule has 0 aromatic heterocycles. The standard InChI is InChI=1S/C16H22O2/c1-13(17)10-15-8-5-9-16(11-15)18-12-14-6-3-2-4-7-14/h5,8-9,11,14H,2-4,6-7,10,12H2,1H3. The summed E-state index contributed by atoms with van der Waals surface area (Å²) in [6.07, 6.45) is 7.17. The Morgan fingerprint density at radius 1 is 1.28 bits per heavy atom. The largest absolute Gasteiger partial charge is 0.493 e. The van der Waals surface area contributed by atoms with Gasteiger partial charge >= 0.3 is 0 Å². The Kier molecular flexibility index (Phi) is 4.80. The number of carbonyl (C=O) groups is 1. The van der Waals surface area contributed by atoms with Crippen LogP contribution in [-0.2, 0) is 11.2 Å². The minimum atomic E-state index is 0.194. The lowest BCUT2D eigenvalue weighted by Gasteiger charge is -2.21. The maximum absolute atomic E-state index is 11.1. The molecule has 2 rings (SSSR count). The van der Waals surface area contributed by atoms with E-state index < -0.39 is 0 Å². The smallest absolute Gasteiger partial charge is 0.134 e. The van der Waals surface area contributed by atoms with E-state index >= 15 is 0 Å². The second-order valence-corrected chi connectivity index (χ2v) is 5.34. The van der Waals surface area contributed by atoms with E-state index in [0.717, 1.165) is 23.8 Å². The molecule has 0 unspecified atom stereocenters. The Labute approximate surface area is 109 Å². The molecule has 0 saturated heterocycles. The molecule has 0 N–H and O–H groups in total. The van der Waals surface area contributed by atoms with Crippen LogP contribution >= 0.6 is 0 Å². The maximum Gasteiger partial charge on any atom is 0.134 e. The minimum Gasteiger partial charge on any atom is -0.493 e. The zero-order valence-electron chi connectivity index (χ0n) is 11.2. The van der Waals surface area contributed by atoms with Crippen LogP contribution in [0.1, 0.15) is 44.6 Å². The molecule has 98 valence electrons. The first-order valence-corrected chi connectivity index (χ1v) is 6.95. The highest BCUT2D eigenvalue weighted by Gasteiger charge is 2.13. The van der Waals surface area contributed by atoms with Crippen LogP contribution in [0.15, 0.2) is 24.3 Å². The van der Waals surface area contributed by atoms with Gasteiger partial charge in [0.05, 0.1) is 6.61 Å².